The maximum atomic E-state index is 11.5. The molecule has 0 amide bonds. The lowest BCUT2D eigenvalue weighted by molar-refractivity contribution is 0.348. The van der Waals surface area contributed by atoms with Crippen molar-refractivity contribution in [3.05, 3.63) is 5.82 Å². The van der Waals surface area contributed by atoms with Crippen molar-refractivity contribution in [3.63, 3.8) is 0 Å². The van der Waals surface area contributed by atoms with Gasteiger partial charge >= 0.3 is 0 Å². The van der Waals surface area contributed by atoms with Crippen molar-refractivity contribution in [1.29, 1.82) is 0 Å². The Morgan fingerprint density at radius 1 is 1.25 bits per heavy atom. The first-order chi connectivity index (χ1) is 13.1. The van der Waals surface area contributed by atoms with Gasteiger partial charge in [-0.15, -0.1) is 0 Å². The number of rotatable bonds is 8. The zero-order valence-electron chi connectivity index (χ0n) is 17.7. The van der Waals surface area contributed by atoms with Gasteiger partial charge in [0, 0.05) is 63.5 Å². The molecule has 1 aromatic rings. The first kappa shape index (κ1) is 22.9. The predicted molar refractivity (Wildman–Crippen MR) is 117 cm³/mol. The van der Waals surface area contributed by atoms with E-state index >= 15 is 0 Å². The average Bonchev–Trinajstić information content (AvgIpc) is 3.13. The van der Waals surface area contributed by atoms with E-state index in [9.17, 15) is 8.42 Å². The smallest absolute Gasteiger partial charge is 0.205 e. The van der Waals surface area contributed by atoms with E-state index in [4.69, 9.17) is 4.99 Å². The van der Waals surface area contributed by atoms with E-state index in [0.717, 1.165) is 56.1 Å². The molecule has 1 aliphatic heterocycles. The number of aliphatic imine (C=N–C) groups is 1. The molecule has 0 radical (unpaired) electrons. The zero-order chi connectivity index (χ0) is 20.8. The molecule has 1 saturated heterocycles. The normalized spacial score (nSPS) is 16.5. The van der Waals surface area contributed by atoms with Crippen LogP contribution in [-0.2, 0) is 16.3 Å². The van der Waals surface area contributed by atoms with Crippen LogP contribution >= 0.6 is 11.5 Å². The van der Waals surface area contributed by atoms with E-state index in [1.807, 2.05) is 0 Å². The Balaban J connectivity index is 1.95. The summed E-state index contributed by atoms with van der Waals surface area (Å²) in [6, 6.07) is 0. The lowest BCUT2D eigenvalue weighted by Gasteiger charge is -2.36. The second-order valence-corrected chi connectivity index (χ2v) is 11.0. The number of aryl methyl sites for hydroxylation is 1. The molecule has 2 heterocycles. The second-order valence-electron chi connectivity index (χ2n) is 8.04. The van der Waals surface area contributed by atoms with Gasteiger partial charge in [0.05, 0.1) is 5.75 Å². The highest BCUT2D eigenvalue weighted by molar-refractivity contribution is 7.90. The molecular weight excluding hydrogens is 396 g/mol. The third-order valence-corrected chi connectivity index (χ3v) is 6.53. The van der Waals surface area contributed by atoms with E-state index in [0.29, 0.717) is 13.0 Å². The first-order valence-corrected chi connectivity index (χ1v) is 12.8. The lowest BCUT2D eigenvalue weighted by Crippen LogP contribution is -2.52. The number of aromatic nitrogens is 2. The molecule has 1 aliphatic rings. The molecule has 0 saturated carbocycles. The lowest BCUT2D eigenvalue weighted by atomic mass is 9.90. The Morgan fingerprint density at radius 2 is 1.93 bits per heavy atom. The summed E-state index contributed by atoms with van der Waals surface area (Å²) in [4.78, 5) is 14.0. The van der Waals surface area contributed by atoms with Crippen LogP contribution in [-0.4, -0.2) is 79.9 Å². The minimum atomic E-state index is -2.95. The van der Waals surface area contributed by atoms with Gasteiger partial charge in [-0.2, -0.15) is 4.37 Å². The van der Waals surface area contributed by atoms with Crippen LogP contribution in [0.15, 0.2) is 4.99 Å². The van der Waals surface area contributed by atoms with E-state index in [-0.39, 0.29) is 11.2 Å². The van der Waals surface area contributed by atoms with Gasteiger partial charge in [0.25, 0.3) is 0 Å². The minimum Gasteiger partial charge on any atom is -0.357 e. The molecule has 0 bridgehead atoms. The molecule has 28 heavy (non-hydrogen) atoms. The number of hydrogen-bond acceptors (Lipinski definition) is 7. The van der Waals surface area contributed by atoms with Crippen molar-refractivity contribution in [2.75, 3.05) is 56.2 Å². The van der Waals surface area contributed by atoms with Crippen LogP contribution in [0, 0.1) is 5.41 Å². The molecule has 160 valence electrons. The third-order valence-electron chi connectivity index (χ3n) is 4.76. The van der Waals surface area contributed by atoms with Crippen molar-refractivity contribution in [2.24, 2.45) is 10.4 Å². The fourth-order valence-corrected chi connectivity index (χ4v) is 4.61. The average molecular weight is 431 g/mol. The molecule has 0 aromatic carbocycles. The summed E-state index contributed by atoms with van der Waals surface area (Å²) in [5.41, 5.74) is -0.158. The summed E-state index contributed by atoms with van der Waals surface area (Å²) in [5, 5.41) is 4.38. The maximum Gasteiger partial charge on any atom is 0.205 e. The minimum absolute atomic E-state index is 0.158. The summed E-state index contributed by atoms with van der Waals surface area (Å²) < 4.78 is 27.3. The number of nitrogens with zero attached hydrogens (tertiary/aromatic N) is 5. The number of hydrogen-bond donors (Lipinski definition) is 1. The monoisotopic (exact) mass is 430 g/mol. The van der Waals surface area contributed by atoms with E-state index in [1.165, 1.54) is 17.8 Å². The van der Waals surface area contributed by atoms with Crippen LogP contribution in [0.25, 0.3) is 0 Å². The number of anilines is 1. The SMILES string of the molecule is CCNC(=NCC(C)(C)CCS(C)(=O)=O)N1CCN(c2nc(CC)ns2)CC1. The van der Waals surface area contributed by atoms with Gasteiger partial charge in [-0.3, -0.25) is 4.99 Å². The van der Waals surface area contributed by atoms with Crippen molar-refractivity contribution >= 4 is 32.5 Å². The Labute approximate surface area is 173 Å². The fourth-order valence-electron chi connectivity index (χ4n) is 2.88. The molecule has 2 rings (SSSR count). The van der Waals surface area contributed by atoms with Crippen LogP contribution in [0.2, 0.25) is 0 Å². The highest BCUT2D eigenvalue weighted by atomic mass is 32.2. The van der Waals surface area contributed by atoms with Crippen LogP contribution in [0.5, 0.6) is 0 Å². The predicted octanol–water partition coefficient (Wildman–Crippen LogP) is 1.65. The van der Waals surface area contributed by atoms with E-state index < -0.39 is 9.84 Å². The first-order valence-electron chi connectivity index (χ1n) is 9.92. The summed E-state index contributed by atoms with van der Waals surface area (Å²) >= 11 is 1.47. The van der Waals surface area contributed by atoms with Gasteiger partial charge in [-0.1, -0.05) is 20.8 Å². The molecular formula is C18H34N6O2S2. The highest BCUT2D eigenvalue weighted by Crippen LogP contribution is 2.22. The van der Waals surface area contributed by atoms with Crippen LogP contribution in [0.3, 0.4) is 0 Å². The van der Waals surface area contributed by atoms with Gasteiger partial charge in [-0.05, 0) is 18.8 Å². The molecule has 0 aliphatic carbocycles. The summed E-state index contributed by atoms with van der Waals surface area (Å²) in [6.45, 7) is 13.2. The Kier molecular flexibility index (Phi) is 8.06. The van der Waals surface area contributed by atoms with Gasteiger partial charge in [0.1, 0.15) is 15.7 Å². The van der Waals surface area contributed by atoms with Crippen LogP contribution in [0.1, 0.15) is 39.9 Å². The van der Waals surface area contributed by atoms with E-state index in [2.05, 4.69) is 52.2 Å². The van der Waals surface area contributed by atoms with Crippen molar-refractivity contribution in [1.82, 2.24) is 19.6 Å². The number of piperazine rings is 1. The van der Waals surface area contributed by atoms with Gasteiger partial charge < -0.3 is 15.1 Å². The molecule has 1 N–H and O–H groups in total. The van der Waals surface area contributed by atoms with Crippen molar-refractivity contribution < 1.29 is 8.42 Å². The molecule has 0 unspecified atom stereocenters. The zero-order valence-corrected chi connectivity index (χ0v) is 19.4. The second kappa shape index (κ2) is 9.87. The number of guanidine groups is 1. The molecule has 1 aromatic heterocycles. The van der Waals surface area contributed by atoms with Crippen molar-refractivity contribution in [2.45, 2.75) is 40.5 Å². The summed E-state index contributed by atoms with van der Waals surface area (Å²) in [7, 11) is -2.95. The standard InChI is InChI=1S/C18H34N6O2S2/c1-6-15-21-17(27-22-15)24-11-9-23(10-12-24)16(19-7-2)20-14-18(3,4)8-13-28(5,25)26/h6-14H2,1-5H3,(H,19,20). The topological polar surface area (TPSA) is 90.8 Å². The molecule has 0 spiro atoms. The molecule has 10 heteroatoms. The van der Waals surface area contributed by atoms with Gasteiger partial charge in [0.2, 0.25) is 5.13 Å². The number of sulfone groups is 1. The molecule has 8 nitrogen and oxygen atoms in total. The number of nitrogens with one attached hydrogen (secondary N) is 1. The molecule has 0 atom stereocenters. The third kappa shape index (κ3) is 7.20. The largest absolute Gasteiger partial charge is 0.357 e. The highest BCUT2D eigenvalue weighted by Gasteiger charge is 2.24. The quantitative estimate of drug-likeness (QED) is 0.495. The van der Waals surface area contributed by atoms with Crippen LogP contribution in [0.4, 0.5) is 5.13 Å². The Hall–Kier alpha value is -1.42. The Bertz CT molecular complexity index is 752. The Morgan fingerprint density at radius 3 is 2.46 bits per heavy atom. The maximum absolute atomic E-state index is 11.5. The van der Waals surface area contributed by atoms with Crippen molar-refractivity contribution in [3.8, 4) is 0 Å². The summed E-state index contributed by atoms with van der Waals surface area (Å²) in [5.74, 6) is 2.02. The molecule has 1 fully saturated rings. The fraction of sp³-hybridized carbons (Fsp3) is 0.833. The van der Waals surface area contributed by atoms with Crippen LogP contribution < -0.4 is 10.2 Å². The van der Waals surface area contributed by atoms with Gasteiger partial charge in [-0.25, -0.2) is 13.4 Å². The summed E-state index contributed by atoms with van der Waals surface area (Å²) in [6.07, 6.45) is 2.76. The van der Waals surface area contributed by atoms with E-state index in [1.54, 1.807) is 0 Å². The van der Waals surface area contributed by atoms with Gasteiger partial charge in [0.15, 0.2) is 5.96 Å².